The summed E-state index contributed by atoms with van der Waals surface area (Å²) in [7, 11) is 0. The third kappa shape index (κ3) is 3.99. The smallest absolute Gasteiger partial charge is 0.338 e. The number of fused-ring (bicyclic) bond motifs is 1. The number of ether oxygens (including phenoxy) is 1. The van der Waals surface area contributed by atoms with Gasteiger partial charge in [0.25, 0.3) is 0 Å². The molecule has 1 heterocycles. The zero-order chi connectivity index (χ0) is 22.1. The van der Waals surface area contributed by atoms with Gasteiger partial charge in [-0.1, -0.05) is 30.3 Å². The first-order valence-corrected chi connectivity index (χ1v) is 10.2. The summed E-state index contributed by atoms with van der Waals surface area (Å²) in [6, 6.07) is 20.7. The second kappa shape index (κ2) is 8.19. The van der Waals surface area contributed by atoms with Crippen molar-refractivity contribution >= 4 is 22.8 Å². The quantitative estimate of drug-likeness (QED) is 0.326. The lowest BCUT2D eigenvalue weighted by molar-refractivity contribution is 0.0319. The maximum Gasteiger partial charge on any atom is 0.338 e. The Balaban J connectivity index is 1.56. The lowest BCUT2D eigenvalue weighted by Gasteiger charge is -2.13. The van der Waals surface area contributed by atoms with Gasteiger partial charge in [-0.15, -0.1) is 0 Å². The van der Waals surface area contributed by atoms with Crippen LogP contribution in [0.5, 0.6) is 0 Å². The number of imidazole rings is 1. The van der Waals surface area contributed by atoms with Gasteiger partial charge >= 0.3 is 5.97 Å². The number of benzene rings is 3. The average molecular weight is 412 g/mol. The van der Waals surface area contributed by atoms with Gasteiger partial charge < -0.3 is 4.74 Å². The van der Waals surface area contributed by atoms with E-state index in [2.05, 4.69) is 4.98 Å². The first-order chi connectivity index (χ1) is 14.8. The second-order valence-electron chi connectivity index (χ2n) is 7.74. The lowest BCUT2D eigenvalue weighted by atomic mass is 10.0. The predicted octanol–water partition coefficient (Wildman–Crippen LogP) is 5.38. The van der Waals surface area contributed by atoms with Crippen LogP contribution < -0.4 is 0 Å². The van der Waals surface area contributed by atoms with E-state index < -0.39 is 12.1 Å². The molecule has 5 heteroatoms. The van der Waals surface area contributed by atoms with Crippen LogP contribution in [0.3, 0.4) is 0 Å². The molecule has 5 nitrogen and oxygen atoms in total. The molecule has 0 spiro atoms. The van der Waals surface area contributed by atoms with Crippen molar-refractivity contribution in [2.75, 3.05) is 0 Å². The molecule has 0 aliphatic carbocycles. The molecule has 0 radical (unpaired) electrons. The fourth-order valence-corrected chi connectivity index (χ4v) is 3.64. The minimum Gasteiger partial charge on any atom is -0.451 e. The third-order valence-corrected chi connectivity index (χ3v) is 5.52. The number of hydrogen-bond acceptors (Lipinski definition) is 4. The largest absolute Gasteiger partial charge is 0.451 e. The summed E-state index contributed by atoms with van der Waals surface area (Å²) in [5, 5.41) is 0. The normalized spacial score (nSPS) is 12.0. The number of nitrogens with zero attached hydrogens (tertiary/aromatic N) is 2. The minimum atomic E-state index is -0.881. The zero-order valence-electron chi connectivity index (χ0n) is 18.0. The van der Waals surface area contributed by atoms with Crippen LogP contribution >= 0.6 is 0 Å². The molecule has 4 aromatic rings. The van der Waals surface area contributed by atoms with Gasteiger partial charge in [-0.2, -0.15) is 0 Å². The predicted molar refractivity (Wildman–Crippen MR) is 121 cm³/mol. The van der Waals surface area contributed by atoms with Crippen molar-refractivity contribution < 1.29 is 14.3 Å². The van der Waals surface area contributed by atoms with Crippen LogP contribution in [0.1, 0.15) is 44.6 Å². The number of aryl methyl sites for hydroxylation is 3. The van der Waals surface area contributed by atoms with Gasteiger partial charge in [-0.05, 0) is 75.2 Å². The first-order valence-electron chi connectivity index (χ1n) is 10.2. The van der Waals surface area contributed by atoms with E-state index in [1.54, 1.807) is 25.1 Å². The molecule has 0 aliphatic heterocycles. The Morgan fingerprint density at radius 1 is 0.871 bits per heavy atom. The van der Waals surface area contributed by atoms with E-state index in [-0.39, 0.29) is 5.78 Å². The van der Waals surface area contributed by atoms with Crippen LogP contribution in [0, 0.1) is 20.8 Å². The Morgan fingerprint density at radius 3 is 2.29 bits per heavy atom. The molecular formula is C26H24N2O3. The Kier molecular flexibility index (Phi) is 5.42. The Labute approximate surface area is 181 Å². The zero-order valence-corrected chi connectivity index (χ0v) is 18.0. The highest BCUT2D eigenvalue weighted by Gasteiger charge is 2.21. The molecule has 4 rings (SSSR count). The summed E-state index contributed by atoms with van der Waals surface area (Å²) in [6.45, 7) is 7.47. The molecule has 1 aromatic heterocycles. The van der Waals surface area contributed by atoms with E-state index in [1.807, 2.05) is 73.9 Å². The maximum absolute atomic E-state index is 12.7. The van der Waals surface area contributed by atoms with Gasteiger partial charge in [0.15, 0.2) is 6.10 Å². The fourth-order valence-electron chi connectivity index (χ4n) is 3.64. The number of ketones is 1. The van der Waals surface area contributed by atoms with E-state index in [0.29, 0.717) is 16.6 Å². The first kappa shape index (κ1) is 20.5. The van der Waals surface area contributed by atoms with Gasteiger partial charge in [-0.3, -0.25) is 9.36 Å². The summed E-state index contributed by atoms with van der Waals surface area (Å²) < 4.78 is 7.51. The molecule has 1 atom stereocenters. The van der Waals surface area contributed by atoms with Gasteiger partial charge in [0.05, 0.1) is 16.6 Å². The molecule has 31 heavy (non-hydrogen) atoms. The molecule has 3 aromatic carbocycles. The average Bonchev–Trinajstić information content (AvgIpc) is 3.10. The molecule has 0 N–H and O–H groups in total. The van der Waals surface area contributed by atoms with Gasteiger partial charge in [0.2, 0.25) is 5.78 Å². The van der Waals surface area contributed by atoms with Gasteiger partial charge in [0.1, 0.15) is 5.82 Å². The van der Waals surface area contributed by atoms with Crippen LogP contribution in [-0.4, -0.2) is 27.4 Å². The van der Waals surface area contributed by atoms with Crippen molar-refractivity contribution in [3.8, 4) is 5.69 Å². The van der Waals surface area contributed by atoms with Crippen LogP contribution in [0.15, 0.2) is 66.7 Å². The van der Waals surface area contributed by atoms with E-state index >= 15 is 0 Å². The van der Waals surface area contributed by atoms with Crippen molar-refractivity contribution in [1.29, 1.82) is 0 Å². The van der Waals surface area contributed by atoms with Crippen LogP contribution in [0.25, 0.3) is 16.7 Å². The minimum absolute atomic E-state index is 0.221. The Bertz CT molecular complexity index is 1290. The highest BCUT2D eigenvalue weighted by atomic mass is 16.5. The summed E-state index contributed by atoms with van der Waals surface area (Å²) in [5.41, 5.74) is 5.65. The molecule has 0 saturated heterocycles. The van der Waals surface area contributed by atoms with Crippen LogP contribution in [-0.2, 0) is 4.74 Å². The van der Waals surface area contributed by atoms with Crippen molar-refractivity contribution in [2.24, 2.45) is 0 Å². The molecule has 0 aliphatic rings. The number of rotatable bonds is 5. The van der Waals surface area contributed by atoms with Gasteiger partial charge in [0, 0.05) is 11.3 Å². The summed E-state index contributed by atoms with van der Waals surface area (Å²) >= 11 is 0. The van der Waals surface area contributed by atoms with Crippen LogP contribution in [0.2, 0.25) is 0 Å². The SMILES string of the molecule is Cc1ccc(C(=O)[C@@H](C)OC(=O)c2ccc3c(c2)nc(C)n3-c2ccccc2)cc1C. The van der Waals surface area contributed by atoms with E-state index in [1.165, 1.54) is 0 Å². The van der Waals surface area contributed by atoms with E-state index in [0.717, 1.165) is 28.2 Å². The summed E-state index contributed by atoms with van der Waals surface area (Å²) in [5.74, 6) is 0.0604. The standard InChI is InChI=1S/C26H24N2O3/c1-16-10-11-20(14-17(16)2)25(29)18(3)31-26(30)21-12-13-24-23(15-21)27-19(4)28(24)22-8-6-5-7-9-22/h5-15,18H,1-4H3/t18-/m1/s1. The molecule has 0 amide bonds. The van der Waals surface area contributed by atoms with E-state index in [4.69, 9.17) is 4.74 Å². The number of hydrogen-bond donors (Lipinski definition) is 0. The number of para-hydroxylation sites is 1. The molecule has 156 valence electrons. The van der Waals surface area contributed by atoms with Crippen LogP contribution in [0.4, 0.5) is 0 Å². The topological polar surface area (TPSA) is 61.2 Å². The molecule has 0 saturated carbocycles. The summed E-state index contributed by atoms with van der Waals surface area (Å²) in [6.07, 6.45) is -0.881. The van der Waals surface area contributed by atoms with E-state index in [9.17, 15) is 9.59 Å². The lowest BCUT2D eigenvalue weighted by Crippen LogP contribution is -2.24. The summed E-state index contributed by atoms with van der Waals surface area (Å²) in [4.78, 5) is 30.0. The van der Waals surface area contributed by atoms with Crippen molar-refractivity contribution in [2.45, 2.75) is 33.8 Å². The highest BCUT2D eigenvalue weighted by Crippen LogP contribution is 2.23. The van der Waals surface area contributed by atoms with Crippen molar-refractivity contribution in [3.05, 3.63) is 94.8 Å². The highest BCUT2D eigenvalue weighted by molar-refractivity contribution is 6.02. The number of carbonyl (C=O) groups excluding carboxylic acids is 2. The molecular weight excluding hydrogens is 388 g/mol. The third-order valence-electron chi connectivity index (χ3n) is 5.52. The number of esters is 1. The molecule has 0 unspecified atom stereocenters. The maximum atomic E-state index is 12.7. The molecule has 0 fully saturated rings. The number of carbonyl (C=O) groups is 2. The van der Waals surface area contributed by atoms with Gasteiger partial charge in [-0.25, -0.2) is 9.78 Å². The number of aromatic nitrogens is 2. The Hall–Kier alpha value is -3.73. The molecule has 0 bridgehead atoms. The van der Waals surface area contributed by atoms with Crippen molar-refractivity contribution in [3.63, 3.8) is 0 Å². The Morgan fingerprint density at radius 2 is 1.58 bits per heavy atom. The fraction of sp³-hybridized carbons (Fsp3) is 0.192. The number of Topliss-reactive ketones (excluding diaryl/α,β-unsaturated/α-hetero) is 1. The second-order valence-corrected chi connectivity index (χ2v) is 7.74. The van der Waals surface area contributed by atoms with Crippen molar-refractivity contribution in [1.82, 2.24) is 9.55 Å². The monoisotopic (exact) mass is 412 g/mol.